The van der Waals surface area contributed by atoms with Gasteiger partial charge in [0.1, 0.15) is 17.7 Å². The van der Waals surface area contributed by atoms with Gasteiger partial charge in [0.2, 0.25) is 0 Å². The van der Waals surface area contributed by atoms with Crippen LogP contribution in [0.3, 0.4) is 0 Å². The summed E-state index contributed by atoms with van der Waals surface area (Å²) in [5, 5.41) is 9.10. The summed E-state index contributed by atoms with van der Waals surface area (Å²) < 4.78 is 4.00. The zero-order valence-corrected chi connectivity index (χ0v) is 20.7. The highest BCUT2D eigenvalue weighted by molar-refractivity contribution is 6.30. The molecule has 2 atom stereocenters. The second-order valence-electron chi connectivity index (χ2n) is 9.56. The lowest BCUT2D eigenvalue weighted by atomic mass is 9.94. The molecule has 1 aromatic carbocycles. The Labute approximate surface area is 199 Å². The highest BCUT2D eigenvalue weighted by atomic mass is 35.5. The minimum atomic E-state index is 0.282. The molecule has 3 aromatic heterocycles. The number of aryl methyl sites for hydroxylation is 2. The predicted octanol–water partition coefficient (Wildman–Crippen LogP) is 4.27. The van der Waals surface area contributed by atoms with Crippen molar-refractivity contribution >= 4 is 34.4 Å². The molecule has 1 aliphatic rings. The molecule has 2 unspecified atom stereocenters. The molecule has 4 aromatic rings. The number of piperazine rings is 1. The van der Waals surface area contributed by atoms with Crippen molar-refractivity contribution in [2.75, 3.05) is 24.5 Å². The summed E-state index contributed by atoms with van der Waals surface area (Å²) >= 11 is 6.17. The largest absolute Gasteiger partial charge is 0.349 e. The first-order chi connectivity index (χ1) is 15.8. The van der Waals surface area contributed by atoms with Gasteiger partial charge < -0.3 is 9.47 Å². The Hall–Kier alpha value is -2.71. The van der Waals surface area contributed by atoms with Gasteiger partial charge in [-0.2, -0.15) is 4.98 Å². The highest BCUT2D eigenvalue weighted by Gasteiger charge is 2.32. The maximum atomic E-state index is 6.17. The van der Waals surface area contributed by atoms with E-state index in [0.29, 0.717) is 17.7 Å². The fourth-order valence-corrected chi connectivity index (χ4v) is 5.16. The minimum absolute atomic E-state index is 0.282. The Morgan fingerprint density at radius 1 is 1.12 bits per heavy atom. The molecule has 174 valence electrons. The molecule has 1 fully saturated rings. The molecule has 4 heterocycles. The van der Waals surface area contributed by atoms with Crippen molar-refractivity contribution in [3.8, 4) is 0 Å². The van der Waals surface area contributed by atoms with Gasteiger partial charge in [-0.25, -0.2) is 9.38 Å². The smallest absolute Gasteiger partial charge is 0.258 e. The first-order valence-electron chi connectivity index (χ1n) is 11.6. The van der Waals surface area contributed by atoms with E-state index in [0.717, 1.165) is 53.9 Å². The van der Waals surface area contributed by atoms with Gasteiger partial charge in [-0.05, 0) is 43.9 Å². The van der Waals surface area contributed by atoms with Crippen LogP contribution in [0.15, 0.2) is 30.6 Å². The number of halogens is 1. The standard InChI is InChI=1S/C24H31ClN8/c1-15(2)12-20(18-6-8-19(25)9-7-18)31-10-11-32(16(3)13-31)22-21-23(30(5)17(4)27-21)33-14-26-29-24(33)28-22/h6-9,14-16,20H,10-13H2,1-5H3. The summed E-state index contributed by atoms with van der Waals surface area (Å²) in [6, 6.07) is 9.00. The Bertz CT molecular complexity index is 1280. The fraction of sp³-hybridized carbons (Fsp3) is 0.500. The van der Waals surface area contributed by atoms with Crippen molar-refractivity contribution < 1.29 is 0 Å². The molecular weight excluding hydrogens is 436 g/mol. The summed E-state index contributed by atoms with van der Waals surface area (Å²) in [4.78, 5) is 14.7. The number of hydrogen-bond acceptors (Lipinski definition) is 6. The maximum Gasteiger partial charge on any atom is 0.258 e. The zero-order valence-electron chi connectivity index (χ0n) is 19.9. The lowest BCUT2D eigenvalue weighted by Crippen LogP contribution is -2.53. The van der Waals surface area contributed by atoms with Gasteiger partial charge in [-0.3, -0.25) is 4.90 Å². The van der Waals surface area contributed by atoms with Crippen molar-refractivity contribution in [3.05, 3.63) is 47.0 Å². The van der Waals surface area contributed by atoms with E-state index >= 15 is 0 Å². The Morgan fingerprint density at radius 2 is 1.88 bits per heavy atom. The summed E-state index contributed by atoms with van der Waals surface area (Å²) in [7, 11) is 2.03. The number of imidazole rings is 1. The molecule has 5 rings (SSSR count). The van der Waals surface area contributed by atoms with E-state index in [9.17, 15) is 0 Å². The molecule has 0 aliphatic carbocycles. The third-order valence-electron chi connectivity index (χ3n) is 6.79. The third kappa shape index (κ3) is 3.95. The monoisotopic (exact) mass is 466 g/mol. The van der Waals surface area contributed by atoms with Gasteiger partial charge in [0, 0.05) is 43.8 Å². The van der Waals surface area contributed by atoms with E-state index in [-0.39, 0.29) is 6.04 Å². The van der Waals surface area contributed by atoms with Gasteiger partial charge in [0.25, 0.3) is 5.78 Å². The molecule has 1 aliphatic heterocycles. The molecule has 0 spiro atoms. The second kappa shape index (κ2) is 8.57. The third-order valence-corrected chi connectivity index (χ3v) is 7.04. The maximum absolute atomic E-state index is 6.17. The summed E-state index contributed by atoms with van der Waals surface area (Å²) in [6.45, 7) is 11.7. The molecule has 0 radical (unpaired) electrons. The number of benzene rings is 1. The van der Waals surface area contributed by atoms with Gasteiger partial charge in [-0.1, -0.05) is 37.6 Å². The summed E-state index contributed by atoms with van der Waals surface area (Å²) in [5.74, 6) is 3.05. The summed E-state index contributed by atoms with van der Waals surface area (Å²) in [6.07, 6.45) is 2.82. The van der Waals surface area contributed by atoms with Crippen LogP contribution in [0.5, 0.6) is 0 Å². The Kier molecular flexibility index (Phi) is 5.74. The van der Waals surface area contributed by atoms with Crippen LogP contribution in [-0.2, 0) is 7.05 Å². The van der Waals surface area contributed by atoms with Gasteiger partial charge >= 0.3 is 0 Å². The predicted molar refractivity (Wildman–Crippen MR) is 132 cm³/mol. The molecule has 9 heteroatoms. The van der Waals surface area contributed by atoms with Crippen LogP contribution in [-0.4, -0.2) is 59.7 Å². The van der Waals surface area contributed by atoms with Crippen LogP contribution in [0.2, 0.25) is 5.02 Å². The number of rotatable bonds is 5. The Morgan fingerprint density at radius 3 is 2.58 bits per heavy atom. The second-order valence-corrected chi connectivity index (χ2v) is 10.00. The van der Waals surface area contributed by atoms with E-state index in [1.165, 1.54) is 5.56 Å². The molecule has 0 saturated carbocycles. The minimum Gasteiger partial charge on any atom is -0.349 e. The molecule has 1 saturated heterocycles. The molecule has 8 nitrogen and oxygen atoms in total. The zero-order chi connectivity index (χ0) is 23.3. The average molecular weight is 467 g/mol. The molecule has 0 bridgehead atoms. The van der Waals surface area contributed by atoms with E-state index in [1.807, 2.05) is 30.5 Å². The number of fused-ring (bicyclic) bond motifs is 3. The van der Waals surface area contributed by atoms with Crippen LogP contribution < -0.4 is 4.90 Å². The van der Waals surface area contributed by atoms with Gasteiger partial charge in [0.05, 0.1) is 0 Å². The van der Waals surface area contributed by atoms with Crippen LogP contribution in [0.25, 0.3) is 16.9 Å². The normalized spacial score (nSPS) is 18.6. The lowest BCUT2D eigenvalue weighted by molar-refractivity contribution is 0.146. The van der Waals surface area contributed by atoms with E-state index in [1.54, 1.807) is 6.33 Å². The molecule has 33 heavy (non-hydrogen) atoms. The molecule has 0 N–H and O–H groups in total. The molecule has 0 amide bonds. The van der Waals surface area contributed by atoms with Gasteiger partial charge in [0.15, 0.2) is 11.5 Å². The van der Waals surface area contributed by atoms with Crippen LogP contribution in [0.1, 0.15) is 44.6 Å². The van der Waals surface area contributed by atoms with E-state index in [4.69, 9.17) is 21.6 Å². The number of hydrogen-bond donors (Lipinski definition) is 0. The van der Waals surface area contributed by atoms with Crippen LogP contribution >= 0.6 is 11.6 Å². The number of anilines is 1. The number of nitrogens with zero attached hydrogens (tertiary/aromatic N) is 8. The first kappa shape index (κ1) is 22.1. The summed E-state index contributed by atoms with van der Waals surface area (Å²) in [5.41, 5.74) is 3.21. The topological polar surface area (TPSA) is 67.4 Å². The quantitative estimate of drug-likeness (QED) is 0.437. The highest BCUT2D eigenvalue weighted by Crippen LogP contribution is 2.33. The average Bonchev–Trinajstić information content (AvgIpc) is 3.36. The van der Waals surface area contributed by atoms with Gasteiger partial charge in [-0.15, -0.1) is 10.2 Å². The molecular formula is C24H31ClN8. The van der Waals surface area contributed by atoms with Crippen LogP contribution in [0.4, 0.5) is 5.82 Å². The van der Waals surface area contributed by atoms with E-state index < -0.39 is 0 Å². The lowest BCUT2D eigenvalue weighted by Gasteiger charge is -2.44. The first-order valence-corrected chi connectivity index (χ1v) is 12.0. The SMILES string of the molecule is Cc1nc2c(N3CCN(C(CC(C)C)c4ccc(Cl)cc4)CC3C)nc3nncn3c2n1C. The fourth-order valence-electron chi connectivity index (χ4n) is 5.04. The van der Waals surface area contributed by atoms with Crippen molar-refractivity contribution in [2.24, 2.45) is 13.0 Å². The van der Waals surface area contributed by atoms with Crippen molar-refractivity contribution in [1.29, 1.82) is 0 Å². The van der Waals surface area contributed by atoms with Crippen molar-refractivity contribution in [1.82, 2.24) is 34.0 Å². The number of aromatic nitrogens is 6. The van der Waals surface area contributed by atoms with Crippen LogP contribution in [0, 0.1) is 12.8 Å². The van der Waals surface area contributed by atoms with Crippen molar-refractivity contribution in [3.63, 3.8) is 0 Å². The Balaban J connectivity index is 1.47. The van der Waals surface area contributed by atoms with E-state index in [2.05, 4.69) is 57.5 Å². The van der Waals surface area contributed by atoms with Crippen molar-refractivity contribution in [2.45, 2.75) is 46.2 Å².